The van der Waals surface area contributed by atoms with E-state index in [1.807, 2.05) is 18.3 Å². The monoisotopic (exact) mass is 327 g/mol. The lowest BCUT2D eigenvalue weighted by molar-refractivity contribution is 0.0932. The molecule has 0 spiro atoms. The third kappa shape index (κ3) is 3.28. The molecule has 0 bridgehead atoms. The van der Waals surface area contributed by atoms with E-state index in [0.717, 1.165) is 11.1 Å². The lowest BCUT2D eigenvalue weighted by Gasteiger charge is -2.04. The van der Waals surface area contributed by atoms with Crippen LogP contribution in [-0.2, 0) is 4.74 Å². The number of fused-ring (bicyclic) bond motifs is 1. The van der Waals surface area contributed by atoms with E-state index >= 15 is 0 Å². The second kappa shape index (κ2) is 6.80. The molecule has 0 atom stereocenters. The van der Waals surface area contributed by atoms with Gasteiger partial charge in [0.05, 0.1) is 6.61 Å². The second-order valence-corrected chi connectivity index (χ2v) is 5.52. The molecule has 3 rings (SSSR count). The summed E-state index contributed by atoms with van der Waals surface area (Å²) in [6.45, 7) is 2.62. The van der Waals surface area contributed by atoms with Gasteiger partial charge in [0.1, 0.15) is 17.2 Å². The summed E-state index contributed by atoms with van der Waals surface area (Å²) < 4.78 is 20.1. The van der Waals surface area contributed by atoms with Crippen LogP contribution in [0.1, 0.15) is 16.1 Å². The zero-order valence-corrected chi connectivity index (χ0v) is 13.5. The summed E-state index contributed by atoms with van der Waals surface area (Å²) in [6, 6.07) is 8.73. The number of carbonyl (C=O) groups excluding carboxylic acids is 1. The van der Waals surface area contributed by atoms with Crippen molar-refractivity contribution in [1.82, 2.24) is 14.7 Å². The number of aromatic nitrogens is 2. The highest BCUT2D eigenvalue weighted by molar-refractivity contribution is 5.92. The Labute approximate surface area is 139 Å². The Morgan fingerprint density at radius 3 is 2.79 bits per heavy atom. The fraction of sp³-hybridized carbons (Fsp3) is 0.222. The Balaban J connectivity index is 1.88. The van der Waals surface area contributed by atoms with Crippen molar-refractivity contribution in [2.45, 2.75) is 6.92 Å². The first-order chi connectivity index (χ1) is 11.6. The van der Waals surface area contributed by atoms with Crippen molar-refractivity contribution in [2.75, 3.05) is 20.3 Å². The van der Waals surface area contributed by atoms with Gasteiger partial charge in [-0.25, -0.2) is 9.37 Å². The lowest BCUT2D eigenvalue weighted by Crippen LogP contribution is -2.27. The van der Waals surface area contributed by atoms with Gasteiger partial charge in [-0.05, 0) is 47.9 Å². The number of hydrogen-bond donors (Lipinski definition) is 1. The molecule has 0 fully saturated rings. The highest BCUT2D eigenvalue weighted by atomic mass is 19.1. The van der Waals surface area contributed by atoms with Crippen LogP contribution in [0.4, 0.5) is 4.39 Å². The SMILES string of the molecule is COCCNC(=O)c1cn2cc(-c3ccc(F)c(C)c3)ccc2n1. The third-order valence-corrected chi connectivity index (χ3v) is 3.77. The maximum absolute atomic E-state index is 13.4. The first-order valence-electron chi connectivity index (χ1n) is 7.61. The molecular weight excluding hydrogens is 309 g/mol. The van der Waals surface area contributed by atoms with E-state index in [2.05, 4.69) is 10.3 Å². The standard InChI is InChI=1S/C18H18FN3O2/c1-12-9-13(3-5-15(12)19)14-4-6-17-21-16(11-22(17)10-14)18(23)20-7-8-24-2/h3-6,9-11H,7-8H2,1-2H3,(H,20,23). The van der Waals surface area contributed by atoms with E-state index < -0.39 is 0 Å². The van der Waals surface area contributed by atoms with Gasteiger partial charge in [0.25, 0.3) is 5.91 Å². The third-order valence-electron chi connectivity index (χ3n) is 3.77. The maximum Gasteiger partial charge on any atom is 0.271 e. The molecule has 24 heavy (non-hydrogen) atoms. The number of rotatable bonds is 5. The number of halogens is 1. The molecule has 0 aliphatic carbocycles. The summed E-state index contributed by atoms with van der Waals surface area (Å²) >= 11 is 0. The predicted octanol–water partition coefficient (Wildman–Crippen LogP) is 2.83. The Kier molecular flexibility index (Phi) is 4.57. The number of hydrogen-bond acceptors (Lipinski definition) is 3. The largest absolute Gasteiger partial charge is 0.383 e. The molecule has 1 amide bonds. The van der Waals surface area contributed by atoms with Crippen molar-refractivity contribution < 1.29 is 13.9 Å². The lowest BCUT2D eigenvalue weighted by atomic mass is 10.1. The molecular formula is C18H18FN3O2. The molecule has 1 aromatic carbocycles. The summed E-state index contributed by atoms with van der Waals surface area (Å²) in [7, 11) is 1.58. The number of ether oxygens (including phenoxy) is 1. The van der Waals surface area contributed by atoms with Crippen LogP contribution in [0.25, 0.3) is 16.8 Å². The van der Waals surface area contributed by atoms with Crippen LogP contribution in [0.5, 0.6) is 0 Å². The molecule has 0 saturated heterocycles. The Bertz CT molecular complexity index is 889. The summed E-state index contributed by atoms with van der Waals surface area (Å²) in [5.74, 6) is -0.465. The Hall–Kier alpha value is -2.73. The predicted molar refractivity (Wildman–Crippen MR) is 89.5 cm³/mol. The molecule has 0 saturated carbocycles. The highest BCUT2D eigenvalue weighted by Crippen LogP contribution is 2.22. The average Bonchev–Trinajstić information content (AvgIpc) is 3.00. The van der Waals surface area contributed by atoms with Gasteiger partial charge in [0, 0.05) is 26.0 Å². The Morgan fingerprint density at radius 2 is 2.04 bits per heavy atom. The molecule has 2 aromatic heterocycles. The van der Waals surface area contributed by atoms with Gasteiger partial charge in [-0.2, -0.15) is 0 Å². The topological polar surface area (TPSA) is 55.6 Å². The van der Waals surface area contributed by atoms with E-state index in [9.17, 15) is 9.18 Å². The smallest absolute Gasteiger partial charge is 0.271 e. The fourth-order valence-corrected chi connectivity index (χ4v) is 2.45. The van der Waals surface area contributed by atoms with E-state index in [1.165, 1.54) is 6.07 Å². The van der Waals surface area contributed by atoms with Crippen molar-refractivity contribution >= 4 is 11.6 Å². The average molecular weight is 327 g/mol. The number of aryl methyl sites for hydroxylation is 1. The van der Waals surface area contributed by atoms with Gasteiger partial charge in [-0.3, -0.25) is 4.79 Å². The number of nitrogens with zero attached hydrogens (tertiary/aromatic N) is 2. The van der Waals surface area contributed by atoms with Crippen LogP contribution < -0.4 is 5.32 Å². The van der Waals surface area contributed by atoms with E-state index in [-0.39, 0.29) is 11.7 Å². The number of methoxy groups -OCH3 is 1. The van der Waals surface area contributed by atoms with Crippen LogP contribution in [0.15, 0.2) is 42.7 Å². The molecule has 0 unspecified atom stereocenters. The Morgan fingerprint density at radius 1 is 1.25 bits per heavy atom. The van der Waals surface area contributed by atoms with Crippen LogP contribution >= 0.6 is 0 Å². The van der Waals surface area contributed by atoms with Gasteiger partial charge in [0.15, 0.2) is 0 Å². The molecule has 1 N–H and O–H groups in total. The van der Waals surface area contributed by atoms with Gasteiger partial charge < -0.3 is 14.5 Å². The summed E-state index contributed by atoms with van der Waals surface area (Å²) in [5.41, 5.74) is 3.45. The normalized spacial score (nSPS) is 11.0. The van der Waals surface area contributed by atoms with Crippen LogP contribution in [0.3, 0.4) is 0 Å². The van der Waals surface area contributed by atoms with Crippen LogP contribution in [-0.4, -0.2) is 35.6 Å². The number of amides is 1. The minimum Gasteiger partial charge on any atom is -0.383 e. The summed E-state index contributed by atoms with van der Waals surface area (Å²) in [5, 5.41) is 2.74. The van der Waals surface area contributed by atoms with E-state index in [1.54, 1.807) is 36.8 Å². The molecule has 124 valence electrons. The van der Waals surface area contributed by atoms with Gasteiger partial charge >= 0.3 is 0 Å². The molecule has 0 aliphatic heterocycles. The van der Waals surface area contributed by atoms with E-state index in [0.29, 0.717) is 30.1 Å². The minimum atomic E-state index is -0.241. The molecule has 0 radical (unpaired) electrons. The molecule has 5 nitrogen and oxygen atoms in total. The highest BCUT2D eigenvalue weighted by Gasteiger charge is 2.11. The van der Waals surface area contributed by atoms with E-state index in [4.69, 9.17) is 4.74 Å². The second-order valence-electron chi connectivity index (χ2n) is 5.52. The number of pyridine rings is 1. The summed E-state index contributed by atoms with van der Waals surface area (Å²) in [6.07, 6.45) is 3.55. The van der Waals surface area contributed by atoms with Gasteiger partial charge in [0.2, 0.25) is 0 Å². The van der Waals surface area contributed by atoms with Crippen molar-refractivity contribution in [1.29, 1.82) is 0 Å². The van der Waals surface area contributed by atoms with Crippen molar-refractivity contribution in [3.63, 3.8) is 0 Å². The number of benzene rings is 1. The minimum absolute atomic E-state index is 0.225. The molecule has 0 aliphatic rings. The molecule has 2 heterocycles. The van der Waals surface area contributed by atoms with Crippen molar-refractivity contribution in [3.05, 3.63) is 59.8 Å². The number of imidazole rings is 1. The number of carbonyl (C=O) groups is 1. The number of nitrogens with one attached hydrogen (secondary N) is 1. The first-order valence-corrected chi connectivity index (χ1v) is 7.61. The quantitative estimate of drug-likeness (QED) is 0.733. The molecule has 3 aromatic rings. The zero-order chi connectivity index (χ0) is 17.1. The van der Waals surface area contributed by atoms with Crippen LogP contribution in [0.2, 0.25) is 0 Å². The molecule has 6 heteroatoms. The first kappa shape index (κ1) is 16.1. The van der Waals surface area contributed by atoms with Crippen molar-refractivity contribution in [2.24, 2.45) is 0 Å². The fourth-order valence-electron chi connectivity index (χ4n) is 2.45. The summed E-state index contributed by atoms with van der Waals surface area (Å²) in [4.78, 5) is 16.3. The van der Waals surface area contributed by atoms with Gasteiger partial charge in [-0.15, -0.1) is 0 Å². The van der Waals surface area contributed by atoms with Crippen molar-refractivity contribution in [3.8, 4) is 11.1 Å². The zero-order valence-electron chi connectivity index (χ0n) is 13.5. The van der Waals surface area contributed by atoms with Gasteiger partial charge in [-0.1, -0.05) is 6.07 Å². The van der Waals surface area contributed by atoms with Crippen LogP contribution in [0, 0.1) is 12.7 Å². The maximum atomic E-state index is 13.4.